The van der Waals surface area contributed by atoms with Crippen LogP contribution in [0.5, 0.6) is 0 Å². The summed E-state index contributed by atoms with van der Waals surface area (Å²) < 4.78 is 27.2. The van der Waals surface area contributed by atoms with E-state index in [0.717, 1.165) is 18.0 Å². The Morgan fingerprint density at radius 2 is 1.79 bits per heavy atom. The second-order valence-corrected chi connectivity index (χ2v) is 5.22. The van der Waals surface area contributed by atoms with E-state index >= 15 is 0 Å². The third-order valence-electron chi connectivity index (χ3n) is 2.17. The maximum absolute atomic E-state index is 9.08. The van der Waals surface area contributed by atoms with Gasteiger partial charge in [-0.05, 0) is 6.42 Å². The number of benzene rings is 1. The number of hydrogen-bond acceptors (Lipinski definition) is 4. The molecule has 0 radical (unpaired) electrons. The topological polar surface area (TPSA) is 83.2 Å². The van der Waals surface area contributed by atoms with Crippen molar-refractivity contribution in [3.8, 4) is 0 Å². The van der Waals surface area contributed by atoms with Crippen LogP contribution in [-0.4, -0.2) is 19.2 Å². The molecule has 4 nitrogen and oxygen atoms in total. The van der Waals surface area contributed by atoms with Gasteiger partial charge in [0.05, 0.1) is 10.1 Å². The van der Waals surface area contributed by atoms with E-state index in [-0.39, 0.29) is 20.4 Å². The smallest absolute Gasteiger partial charge is 0.748 e. The van der Waals surface area contributed by atoms with Crippen molar-refractivity contribution in [1.82, 2.24) is 0 Å². The zero-order valence-electron chi connectivity index (χ0n) is 10.4. The summed E-state index contributed by atoms with van der Waals surface area (Å²) >= 11 is 0. The fraction of sp³-hybridized carbons (Fsp3) is 0.154. The molecule has 0 saturated heterocycles. The SMILES string of the molecule is CS(=O)(=O)[O-].N[C-]1CC=CC=C1c1ccccc1.[Pd+2]. The monoisotopic (exact) mass is 371 g/mol. The summed E-state index contributed by atoms with van der Waals surface area (Å²) in [6, 6.07) is 11.2. The summed E-state index contributed by atoms with van der Waals surface area (Å²) in [5.41, 5.74) is 8.26. The van der Waals surface area contributed by atoms with Crippen molar-refractivity contribution in [3.05, 3.63) is 60.2 Å². The Morgan fingerprint density at radius 1 is 1.26 bits per heavy atom. The normalized spacial score (nSPS) is 13.8. The summed E-state index contributed by atoms with van der Waals surface area (Å²) in [5.74, 6) is 0. The van der Waals surface area contributed by atoms with Gasteiger partial charge >= 0.3 is 20.4 Å². The molecule has 0 bridgehead atoms. The number of hydrogen-bond donors (Lipinski definition) is 1. The Kier molecular flexibility index (Phi) is 7.92. The Hall–Kier alpha value is -0.898. The van der Waals surface area contributed by atoms with Gasteiger partial charge in [-0.2, -0.15) is 11.6 Å². The summed E-state index contributed by atoms with van der Waals surface area (Å²) in [6.07, 6.45) is 7.66. The Bertz CT molecular complexity index is 530. The number of nitrogens with two attached hydrogens (primary N) is 1. The fourth-order valence-electron chi connectivity index (χ4n) is 1.48. The van der Waals surface area contributed by atoms with Crippen LogP contribution in [0.3, 0.4) is 0 Å². The van der Waals surface area contributed by atoms with Crippen molar-refractivity contribution < 1.29 is 33.4 Å². The minimum absolute atomic E-state index is 0. The molecule has 19 heavy (non-hydrogen) atoms. The first-order chi connectivity index (χ1) is 8.38. The second kappa shape index (κ2) is 8.31. The van der Waals surface area contributed by atoms with Crippen LogP contribution in [0.4, 0.5) is 0 Å². The van der Waals surface area contributed by atoms with Gasteiger partial charge in [0.25, 0.3) is 0 Å². The van der Waals surface area contributed by atoms with E-state index in [2.05, 4.69) is 30.4 Å². The summed E-state index contributed by atoms with van der Waals surface area (Å²) in [7, 11) is -3.92. The molecule has 2 rings (SSSR count). The largest absolute Gasteiger partial charge is 2.00 e. The van der Waals surface area contributed by atoms with Gasteiger partial charge in [0.2, 0.25) is 0 Å². The zero-order valence-corrected chi connectivity index (χ0v) is 12.7. The summed E-state index contributed by atoms with van der Waals surface area (Å²) in [6.45, 7) is 0. The van der Waals surface area contributed by atoms with Gasteiger partial charge in [-0.3, -0.25) is 0 Å². The van der Waals surface area contributed by atoms with Crippen molar-refractivity contribution in [2.75, 3.05) is 6.26 Å². The van der Waals surface area contributed by atoms with Gasteiger partial charge in [-0.25, -0.2) is 8.42 Å². The van der Waals surface area contributed by atoms with Crippen molar-refractivity contribution in [2.24, 2.45) is 5.73 Å². The van der Waals surface area contributed by atoms with Gasteiger partial charge in [-0.1, -0.05) is 18.2 Å². The van der Waals surface area contributed by atoms with Gasteiger partial charge in [0, 0.05) is 6.26 Å². The molecule has 0 aliphatic heterocycles. The van der Waals surface area contributed by atoms with Crippen LogP contribution in [0.2, 0.25) is 0 Å². The average molecular weight is 372 g/mol. The fourth-order valence-corrected chi connectivity index (χ4v) is 1.48. The van der Waals surface area contributed by atoms with Gasteiger partial charge in [-0.15, -0.1) is 35.9 Å². The van der Waals surface area contributed by atoms with Crippen LogP contribution in [0.1, 0.15) is 12.0 Å². The van der Waals surface area contributed by atoms with Gasteiger partial charge < -0.3 is 10.3 Å². The molecule has 1 aliphatic rings. The first kappa shape index (κ1) is 18.1. The third kappa shape index (κ3) is 7.98. The van der Waals surface area contributed by atoms with Crippen LogP contribution >= 0.6 is 0 Å². The van der Waals surface area contributed by atoms with Crippen LogP contribution in [0.15, 0.2) is 48.6 Å². The molecule has 0 heterocycles. The predicted molar refractivity (Wildman–Crippen MR) is 71.2 cm³/mol. The molecule has 0 fully saturated rings. The summed E-state index contributed by atoms with van der Waals surface area (Å²) in [5, 5.41) is 0. The average Bonchev–Trinajstić information content (AvgIpc) is 2.29. The van der Waals surface area contributed by atoms with E-state index in [4.69, 9.17) is 18.7 Å². The van der Waals surface area contributed by atoms with Crippen LogP contribution in [0.25, 0.3) is 5.57 Å². The molecule has 0 unspecified atom stereocenters. The van der Waals surface area contributed by atoms with E-state index in [0.29, 0.717) is 6.26 Å². The first-order valence-corrected chi connectivity index (χ1v) is 7.14. The molecule has 0 atom stereocenters. The van der Waals surface area contributed by atoms with E-state index in [1.165, 1.54) is 5.56 Å². The maximum Gasteiger partial charge on any atom is 2.00 e. The molecule has 0 aromatic heterocycles. The van der Waals surface area contributed by atoms with Crippen molar-refractivity contribution >= 4 is 15.7 Å². The Morgan fingerprint density at radius 3 is 2.26 bits per heavy atom. The minimum Gasteiger partial charge on any atom is -0.748 e. The molecule has 0 spiro atoms. The molecule has 0 amide bonds. The quantitative estimate of drug-likeness (QED) is 0.462. The first-order valence-electron chi connectivity index (χ1n) is 5.32. The predicted octanol–water partition coefficient (Wildman–Crippen LogP) is 1.68. The molecule has 2 N–H and O–H groups in total. The third-order valence-corrected chi connectivity index (χ3v) is 2.17. The molecular weight excluding hydrogens is 357 g/mol. The van der Waals surface area contributed by atoms with E-state index in [1.54, 1.807) is 0 Å². The van der Waals surface area contributed by atoms with Crippen LogP contribution in [0, 0.1) is 6.04 Å². The Labute approximate surface area is 127 Å². The molecule has 0 saturated carbocycles. The molecule has 6 heteroatoms. The number of allylic oxidation sites excluding steroid dienone is 2. The van der Waals surface area contributed by atoms with Gasteiger partial charge in [0.15, 0.2) is 0 Å². The van der Waals surface area contributed by atoms with Crippen LogP contribution in [-0.2, 0) is 30.5 Å². The molecule has 1 aromatic rings. The van der Waals surface area contributed by atoms with Crippen molar-refractivity contribution in [2.45, 2.75) is 6.42 Å². The summed E-state index contributed by atoms with van der Waals surface area (Å²) in [4.78, 5) is 0. The maximum atomic E-state index is 9.08. The number of rotatable bonds is 1. The van der Waals surface area contributed by atoms with Gasteiger partial charge in [0.1, 0.15) is 0 Å². The second-order valence-electron chi connectivity index (χ2n) is 3.81. The molecule has 1 aromatic carbocycles. The standard InChI is InChI=1S/C12H12N.CH4O3S.Pd/c13-12-9-5-4-8-11(12)10-6-2-1-3-7-10;1-5(2,3)4;/h1-8H,9,13H2;1H3,(H,2,3,4);/q-1;;+2/p-1. The van der Waals surface area contributed by atoms with E-state index in [9.17, 15) is 0 Å². The minimum atomic E-state index is -3.92. The van der Waals surface area contributed by atoms with Crippen molar-refractivity contribution in [3.63, 3.8) is 0 Å². The van der Waals surface area contributed by atoms with E-state index in [1.807, 2.05) is 18.2 Å². The van der Waals surface area contributed by atoms with Crippen molar-refractivity contribution in [1.29, 1.82) is 0 Å². The zero-order chi connectivity index (χ0) is 13.6. The van der Waals surface area contributed by atoms with Crippen LogP contribution < -0.4 is 5.73 Å². The molecular formula is C13H15NO3PdS. The van der Waals surface area contributed by atoms with E-state index < -0.39 is 10.1 Å². The molecule has 1 aliphatic carbocycles. The Balaban J connectivity index is 0.000000471. The molecule has 106 valence electrons.